The minimum Gasteiger partial charge on any atom is -0.854 e. The third-order valence-corrected chi connectivity index (χ3v) is 1.48. The molecule has 0 aromatic heterocycles. The van der Waals surface area contributed by atoms with Gasteiger partial charge in [0.25, 0.3) is 0 Å². The standard InChI is InChI=1S/3C4H9O2.Al/c3*1-6-4-2-3-5;/h3*2-4H2,1H3;/q3*-1;+3. The predicted octanol–water partition coefficient (Wildman–Crippen LogP) is -2.23. The summed E-state index contributed by atoms with van der Waals surface area (Å²) in [6, 6.07) is 0. The van der Waals surface area contributed by atoms with Gasteiger partial charge in [-0.2, -0.15) is 0 Å². The second-order valence-electron chi connectivity index (χ2n) is 3.15. The van der Waals surface area contributed by atoms with Gasteiger partial charge in [0.1, 0.15) is 0 Å². The number of hydrogen-bond acceptors (Lipinski definition) is 6. The Kier molecular flexibility index (Phi) is 52.6. The molecule has 6 nitrogen and oxygen atoms in total. The summed E-state index contributed by atoms with van der Waals surface area (Å²) in [4.78, 5) is 0. The van der Waals surface area contributed by atoms with Gasteiger partial charge < -0.3 is 29.5 Å². The number of methoxy groups -OCH3 is 3. The summed E-state index contributed by atoms with van der Waals surface area (Å²) in [6.07, 6.45) is 1.91. The van der Waals surface area contributed by atoms with Crippen LogP contribution >= 0.6 is 0 Å². The average molecular weight is 294 g/mol. The van der Waals surface area contributed by atoms with E-state index in [-0.39, 0.29) is 37.2 Å². The van der Waals surface area contributed by atoms with E-state index in [0.717, 1.165) is 0 Å². The van der Waals surface area contributed by atoms with E-state index in [0.29, 0.717) is 39.1 Å². The summed E-state index contributed by atoms with van der Waals surface area (Å²) in [7, 11) is 4.78. The molecule has 0 atom stereocenters. The molecule has 0 radical (unpaired) electrons. The van der Waals surface area contributed by atoms with E-state index in [9.17, 15) is 15.3 Å². The molecule has 7 heteroatoms. The maximum atomic E-state index is 9.61. The largest absolute Gasteiger partial charge is 3.00 e. The SMILES string of the molecule is COCCC[O-].COCCC[O-].COCCC[O-].[Al+3]. The van der Waals surface area contributed by atoms with Gasteiger partial charge in [-0.1, -0.05) is 0 Å². The number of hydrogen-bond donors (Lipinski definition) is 0. The quantitative estimate of drug-likeness (QED) is 0.353. The van der Waals surface area contributed by atoms with Crippen molar-refractivity contribution in [3.05, 3.63) is 0 Å². The molecule has 0 N–H and O–H groups in total. The van der Waals surface area contributed by atoms with Crippen molar-refractivity contribution in [3.8, 4) is 0 Å². The van der Waals surface area contributed by atoms with Crippen molar-refractivity contribution in [2.75, 3.05) is 61.0 Å². The summed E-state index contributed by atoms with van der Waals surface area (Å²) in [6.45, 7) is 1.74. The minimum absolute atomic E-state index is 0. The fourth-order valence-electron chi connectivity index (χ4n) is 0.610. The molecule has 0 aromatic carbocycles. The van der Waals surface area contributed by atoms with Crippen molar-refractivity contribution in [2.45, 2.75) is 19.3 Å². The van der Waals surface area contributed by atoms with Crippen LogP contribution in [-0.4, -0.2) is 78.3 Å². The van der Waals surface area contributed by atoms with Crippen LogP contribution in [0.4, 0.5) is 0 Å². The van der Waals surface area contributed by atoms with Gasteiger partial charge >= 0.3 is 17.4 Å². The molecule has 0 aromatic rings. The Balaban J connectivity index is -0.0000000865. The van der Waals surface area contributed by atoms with Gasteiger partial charge in [-0.25, -0.2) is 0 Å². The molecule has 0 saturated carbocycles. The first-order valence-electron chi connectivity index (χ1n) is 5.96. The smallest absolute Gasteiger partial charge is 0.854 e. The molecule has 0 heterocycles. The summed E-state index contributed by atoms with van der Waals surface area (Å²) in [5, 5.41) is 28.8. The van der Waals surface area contributed by atoms with Gasteiger partial charge in [0.2, 0.25) is 0 Å². The monoisotopic (exact) mass is 294 g/mol. The Morgan fingerprint density at radius 2 is 0.789 bits per heavy atom. The van der Waals surface area contributed by atoms with Crippen molar-refractivity contribution < 1.29 is 29.5 Å². The Bertz CT molecular complexity index is 77.2. The molecule has 114 valence electrons. The molecule has 0 amide bonds. The Labute approximate surface area is 127 Å². The Hall–Kier alpha value is 0.292. The van der Waals surface area contributed by atoms with Crippen LogP contribution in [0.1, 0.15) is 19.3 Å². The third-order valence-electron chi connectivity index (χ3n) is 1.48. The summed E-state index contributed by atoms with van der Waals surface area (Å²) in [5.41, 5.74) is 0. The van der Waals surface area contributed by atoms with E-state index in [1.807, 2.05) is 0 Å². The van der Waals surface area contributed by atoms with Crippen LogP contribution < -0.4 is 15.3 Å². The second-order valence-corrected chi connectivity index (χ2v) is 3.15. The Morgan fingerprint density at radius 3 is 0.842 bits per heavy atom. The molecule has 0 aliphatic carbocycles. The van der Waals surface area contributed by atoms with Gasteiger partial charge in [0.15, 0.2) is 0 Å². The minimum atomic E-state index is -0.0200. The zero-order valence-electron chi connectivity index (χ0n) is 12.4. The normalized spacial score (nSPS) is 8.53. The molecule has 19 heavy (non-hydrogen) atoms. The fraction of sp³-hybridized carbons (Fsp3) is 1.00. The van der Waals surface area contributed by atoms with Crippen molar-refractivity contribution in [3.63, 3.8) is 0 Å². The van der Waals surface area contributed by atoms with Gasteiger partial charge in [-0.05, 0) is 19.3 Å². The fourth-order valence-corrected chi connectivity index (χ4v) is 0.610. The first-order chi connectivity index (χ1) is 8.74. The number of rotatable bonds is 9. The molecule has 0 bridgehead atoms. The van der Waals surface area contributed by atoms with E-state index in [4.69, 9.17) is 0 Å². The Morgan fingerprint density at radius 1 is 0.579 bits per heavy atom. The molecule has 0 unspecified atom stereocenters. The van der Waals surface area contributed by atoms with Crippen molar-refractivity contribution in [2.24, 2.45) is 0 Å². The topological polar surface area (TPSA) is 96.9 Å². The summed E-state index contributed by atoms with van der Waals surface area (Å²) in [5.74, 6) is 0. The molecule has 0 fully saturated rings. The van der Waals surface area contributed by atoms with E-state index in [2.05, 4.69) is 14.2 Å². The van der Waals surface area contributed by atoms with E-state index < -0.39 is 0 Å². The van der Waals surface area contributed by atoms with Crippen LogP contribution in [0.2, 0.25) is 0 Å². The zero-order chi connectivity index (χ0) is 14.5. The van der Waals surface area contributed by atoms with E-state index in [1.165, 1.54) is 0 Å². The maximum Gasteiger partial charge on any atom is 3.00 e. The van der Waals surface area contributed by atoms with Crippen LogP contribution in [0.25, 0.3) is 0 Å². The van der Waals surface area contributed by atoms with Gasteiger partial charge in [-0.15, -0.1) is 19.8 Å². The predicted molar refractivity (Wildman–Crippen MR) is 69.8 cm³/mol. The van der Waals surface area contributed by atoms with Crippen molar-refractivity contribution in [1.29, 1.82) is 0 Å². The summed E-state index contributed by atoms with van der Waals surface area (Å²) >= 11 is 0. The van der Waals surface area contributed by atoms with Gasteiger partial charge in [0, 0.05) is 41.2 Å². The van der Waals surface area contributed by atoms with Crippen LogP contribution in [0.5, 0.6) is 0 Å². The molecular weight excluding hydrogens is 267 g/mol. The summed E-state index contributed by atoms with van der Waals surface area (Å²) < 4.78 is 13.7. The molecule has 0 aliphatic heterocycles. The maximum absolute atomic E-state index is 9.61. The second kappa shape index (κ2) is 36.2. The van der Waals surface area contributed by atoms with Gasteiger partial charge in [-0.3, -0.25) is 0 Å². The van der Waals surface area contributed by atoms with Crippen LogP contribution in [0, 0.1) is 0 Å². The van der Waals surface area contributed by atoms with Crippen molar-refractivity contribution in [1.82, 2.24) is 0 Å². The molecule has 0 rings (SSSR count). The van der Waals surface area contributed by atoms with Crippen LogP contribution in [0.3, 0.4) is 0 Å². The third kappa shape index (κ3) is 56.2. The zero-order valence-corrected chi connectivity index (χ0v) is 13.5. The molecule has 0 aliphatic rings. The van der Waals surface area contributed by atoms with Gasteiger partial charge in [0.05, 0.1) is 0 Å². The van der Waals surface area contributed by atoms with E-state index >= 15 is 0 Å². The molecular formula is C12H27AlO6. The van der Waals surface area contributed by atoms with Crippen molar-refractivity contribution >= 4 is 17.4 Å². The molecule has 0 spiro atoms. The average Bonchev–Trinajstić information content (AvgIpc) is 2.42. The number of ether oxygens (including phenoxy) is 3. The van der Waals surface area contributed by atoms with Crippen LogP contribution in [-0.2, 0) is 14.2 Å². The van der Waals surface area contributed by atoms with Crippen LogP contribution in [0.15, 0.2) is 0 Å². The molecule has 0 saturated heterocycles. The first-order valence-corrected chi connectivity index (χ1v) is 5.96. The van der Waals surface area contributed by atoms with E-state index in [1.54, 1.807) is 21.3 Å². The first kappa shape index (κ1) is 27.6.